The maximum atomic E-state index is 15.5. The number of fused-ring (bicyclic) bond motifs is 5. The fourth-order valence-corrected chi connectivity index (χ4v) is 10.1. The summed E-state index contributed by atoms with van der Waals surface area (Å²) in [7, 11) is -3.15. The zero-order valence-corrected chi connectivity index (χ0v) is 25.9. The molecule has 1 aliphatic rings. The van der Waals surface area contributed by atoms with Gasteiger partial charge in [-0.05, 0) is 65.7 Å². The van der Waals surface area contributed by atoms with Crippen LogP contribution in [0.15, 0.2) is 176 Å². The third-order valence-electron chi connectivity index (χ3n) is 9.15. The molecule has 0 saturated carbocycles. The lowest BCUT2D eigenvalue weighted by Crippen LogP contribution is -2.36. The normalized spacial score (nSPS) is 13.4. The monoisotopic (exact) mass is 608 g/mol. The van der Waals surface area contributed by atoms with Gasteiger partial charge in [0.1, 0.15) is 0 Å². The van der Waals surface area contributed by atoms with Crippen LogP contribution in [0, 0.1) is 0 Å². The van der Waals surface area contributed by atoms with Gasteiger partial charge in [-0.2, -0.15) is 0 Å². The summed E-state index contributed by atoms with van der Waals surface area (Å²) in [5.41, 5.74) is 8.53. The van der Waals surface area contributed by atoms with Gasteiger partial charge in [0.05, 0.1) is 22.4 Å². The van der Waals surface area contributed by atoms with Crippen LogP contribution < -0.4 is 20.8 Å². The molecule has 0 spiro atoms. The Bertz CT molecular complexity index is 2360. The van der Waals surface area contributed by atoms with Gasteiger partial charge in [0, 0.05) is 38.1 Å². The molecule has 0 fully saturated rings. The smallest absolute Gasteiger partial charge is 0.175 e. The second-order valence-electron chi connectivity index (χ2n) is 11.7. The van der Waals surface area contributed by atoms with E-state index in [2.05, 4.69) is 119 Å². The summed E-state index contributed by atoms with van der Waals surface area (Å²) in [6.45, 7) is 0. The molecule has 8 aromatic rings. The van der Waals surface area contributed by atoms with E-state index in [-0.39, 0.29) is 0 Å². The van der Waals surface area contributed by atoms with Crippen molar-refractivity contribution in [3.05, 3.63) is 176 Å². The molecule has 0 bridgehead atoms. The number of rotatable bonds is 4. The molecule has 0 N–H and O–H groups in total. The molecule has 1 aromatic heterocycles. The van der Waals surface area contributed by atoms with E-state index in [0.717, 1.165) is 60.8 Å². The minimum atomic E-state index is -3.15. The first-order valence-corrected chi connectivity index (χ1v) is 17.3. The Balaban J connectivity index is 1.36. The highest BCUT2D eigenvalue weighted by molar-refractivity contribution is 7.86. The van der Waals surface area contributed by atoms with Crippen molar-refractivity contribution in [2.45, 2.75) is 0 Å². The Hall–Kier alpha value is -5.63. The molecule has 1 aliphatic heterocycles. The quantitative estimate of drug-likeness (QED) is 0.186. The Morgan fingerprint density at radius 3 is 1.50 bits per heavy atom. The van der Waals surface area contributed by atoms with Crippen LogP contribution >= 0.6 is 7.14 Å². The summed E-state index contributed by atoms with van der Waals surface area (Å²) in [6, 6.07) is 61.0. The van der Waals surface area contributed by atoms with Crippen LogP contribution in [0.2, 0.25) is 0 Å². The van der Waals surface area contributed by atoms with Gasteiger partial charge in [-0.3, -0.25) is 0 Å². The molecular weight excluding hydrogens is 579 g/mol. The van der Waals surface area contributed by atoms with Crippen LogP contribution in [0.5, 0.6) is 0 Å². The number of hydrogen-bond donors (Lipinski definition) is 0. The van der Waals surface area contributed by atoms with Crippen LogP contribution in [0.3, 0.4) is 0 Å². The lowest BCUT2D eigenvalue weighted by atomic mass is 10.0. The summed E-state index contributed by atoms with van der Waals surface area (Å²) < 4.78 is 17.8. The van der Waals surface area contributed by atoms with Crippen LogP contribution in [-0.4, -0.2) is 4.57 Å². The molecule has 218 valence electrons. The molecule has 0 radical (unpaired) electrons. The molecule has 7 aromatic carbocycles. The molecule has 4 heteroatoms. The van der Waals surface area contributed by atoms with Crippen molar-refractivity contribution in [1.82, 2.24) is 4.57 Å². The van der Waals surface area contributed by atoms with E-state index in [4.69, 9.17) is 0 Å². The second-order valence-corrected chi connectivity index (χ2v) is 14.4. The van der Waals surface area contributed by atoms with Gasteiger partial charge in [0.2, 0.25) is 0 Å². The molecule has 9 rings (SSSR count). The third kappa shape index (κ3) is 3.96. The Labute approximate surface area is 268 Å². The van der Waals surface area contributed by atoms with Gasteiger partial charge < -0.3 is 14.0 Å². The van der Waals surface area contributed by atoms with Crippen molar-refractivity contribution in [2.75, 3.05) is 4.90 Å². The minimum Gasteiger partial charge on any atom is -0.309 e. The fraction of sp³-hybridized carbons (Fsp3) is 0. The highest BCUT2D eigenvalue weighted by Crippen LogP contribution is 2.54. The first kappa shape index (κ1) is 26.7. The summed E-state index contributed by atoms with van der Waals surface area (Å²) >= 11 is 0. The molecule has 0 amide bonds. The average Bonchev–Trinajstić information content (AvgIpc) is 3.47. The first-order chi connectivity index (χ1) is 22.7. The zero-order valence-electron chi connectivity index (χ0n) is 25.0. The van der Waals surface area contributed by atoms with Crippen molar-refractivity contribution in [2.24, 2.45) is 0 Å². The first-order valence-electron chi connectivity index (χ1n) is 15.6. The topological polar surface area (TPSA) is 25.2 Å². The maximum Gasteiger partial charge on any atom is 0.175 e. The predicted molar refractivity (Wildman–Crippen MR) is 194 cm³/mol. The Kier molecular flexibility index (Phi) is 6.09. The standard InChI is InChI=1S/C42H29N2OP/c45-46(34-17-5-2-6-18-34)41-25-13-11-23-39(41)44(40-24-12-14-26-42(40)46)33-28-31(30-15-3-1-4-16-30)27-32(29-33)43-37-21-9-7-19-35(37)36-20-8-10-22-38(36)43/h1-29H. The molecule has 3 nitrogen and oxygen atoms in total. The van der Waals surface area contributed by atoms with Crippen molar-refractivity contribution in [3.63, 3.8) is 0 Å². The van der Waals surface area contributed by atoms with Gasteiger partial charge in [-0.1, -0.05) is 121 Å². The van der Waals surface area contributed by atoms with Crippen molar-refractivity contribution < 1.29 is 4.57 Å². The van der Waals surface area contributed by atoms with Crippen molar-refractivity contribution >= 4 is 61.9 Å². The Morgan fingerprint density at radius 2 is 0.891 bits per heavy atom. The average molecular weight is 609 g/mol. The zero-order chi connectivity index (χ0) is 30.7. The van der Waals surface area contributed by atoms with E-state index in [1.165, 1.54) is 10.8 Å². The fourth-order valence-electron chi connectivity index (χ4n) is 7.14. The summed E-state index contributed by atoms with van der Waals surface area (Å²) in [4.78, 5) is 2.30. The molecular formula is C42H29N2OP. The highest BCUT2D eigenvalue weighted by Gasteiger charge is 2.40. The number of para-hydroxylation sites is 4. The van der Waals surface area contributed by atoms with E-state index < -0.39 is 7.14 Å². The lowest BCUT2D eigenvalue weighted by molar-refractivity contribution is 0.592. The minimum absolute atomic E-state index is 0.846. The van der Waals surface area contributed by atoms with E-state index in [9.17, 15) is 0 Å². The molecule has 2 heterocycles. The van der Waals surface area contributed by atoms with Crippen LogP contribution in [0.25, 0.3) is 38.6 Å². The van der Waals surface area contributed by atoms with Crippen LogP contribution in [0.1, 0.15) is 0 Å². The van der Waals surface area contributed by atoms with Gasteiger partial charge in [-0.25, -0.2) is 0 Å². The van der Waals surface area contributed by atoms with Crippen molar-refractivity contribution in [1.29, 1.82) is 0 Å². The summed E-state index contributed by atoms with van der Waals surface area (Å²) in [5.74, 6) is 0. The third-order valence-corrected chi connectivity index (χ3v) is 12.3. The van der Waals surface area contributed by atoms with E-state index in [1.54, 1.807) is 0 Å². The maximum absolute atomic E-state index is 15.5. The second kappa shape index (κ2) is 10.5. The van der Waals surface area contributed by atoms with E-state index in [1.807, 2.05) is 66.7 Å². The summed E-state index contributed by atoms with van der Waals surface area (Å²) in [6.07, 6.45) is 0. The summed E-state index contributed by atoms with van der Waals surface area (Å²) in [5, 5.41) is 5.00. The number of anilines is 3. The largest absolute Gasteiger partial charge is 0.309 e. The van der Waals surface area contributed by atoms with E-state index in [0.29, 0.717) is 0 Å². The number of hydrogen-bond acceptors (Lipinski definition) is 2. The number of aromatic nitrogens is 1. The molecule has 0 aliphatic carbocycles. The van der Waals surface area contributed by atoms with Gasteiger partial charge >= 0.3 is 0 Å². The van der Waals surface area contributed by atoms with Crippen molar-refractivity contribution in [3.8, 4) is 16.8 Å². The highest BCUT2D eigenvalue weighted by atomic mass is 31.2. The van der Waals surface area contributed by atoms with Gasteiger partial charge in [0.25, 0.3) is 0 Å². The van der Waals surface area contributed by atoms with Gasteiger partial charge in [0.15, 0.2) is 7.14 Å². The molecule has 0 unspecified atom stereocenters. The molecule has 0 saturated heterocycles. The predicted octanol–water partition coefficient (Wildman–Crippen LogP) is 9.87. The number of benzene rings is 7. The van der Waals surface area contributed by atoms with E-state index >= 15 is 4.57 Å². The Morgan fingerprint density at radius 1 is 0.413 bits per heavy atom. The SMILES string of the molecule is O=P1(c2ccccc2)c2ccccc2N(c2cc(-c3ccccc3)cc(-n3c4ccccc4c4ccccc43)c2)c2ccccc21. The molecule has 0 atom stereocenters. The lowest BCUT2D eigenvalue weighted by Gasteiger charge is -2.38. The van der Waals surface area contributed by atoms with Gasteiger partial charge in [-0.15, -0.1) is 0 Å². The van der Waals surface area contributed by atoms with Crippen LogP contribution in [0.4, 0.5) is 17.1 Å². The molecule has 46 heavy (non-hydrogen) atoms. The number of nitrogens with zero attached hydrogens (tertiary/aromatic N) is 2. The van der Waals surface area contributed by atoms with Crippen LogP contribution in [-0.2, 0) is 4.57 Å².